The van der Waals surface area contributed by atoms with Crippen LogP contribution in [-0.4, -0.2) is 35.4 Å². The highest BCUT2D eigenvalue weighted by Crippen LogP contribution is 2.26. The Kier molecular flexibility index (Phi) is 3.79. The Morgan fingerprint density at radius 1 is 1.30 bits per heavy atom. The summed E-state index contributed by atoms with van der Waals surface area (Å²) in [5.41, 5.74) is 1.99. The SMILES string of the molecule is COC(=O)c1cncc2c1CCN(C(=O)C(C)(C)C)C2. The molecule has 0 aliphatic carbocycles. The van der Waals surface area contributed by atoms with E-state index in [-0.39, 0.29) is 11.9 Å². The van der Waals surface area contributed by atoms with Gasteiger partial charge in [0.05, 0.1) is 12.7 Å². The molecule has 2 rings (SSSR count). The number of ether oxygens (including phenoxy) is 1. The molecule has 2 heterocycles. The first-order valence-corrected chi connectivity index (χ1v) is 6.68. The van der Waals surface area contributed by atoms with E-state index in [1.807, 2.05) is 25.7 Å². The summed E-state index contributed by atoms with van der Waals surface area (Å²) >= 11 is 0. The van der Waals surface area contributed by atoms with Gasteiger partial charge in [-0.3, -0.25) is 9.78 Å². The lowest BCUT2D eigenvalue weighted by Gasteiger charge is -2.33. The monoisotopic (exact) mass is 276 g/mol. The Labute approximate surface area is 118 Å². The number of aromatic nitrogens is 1. The first-order chi connectivity index (χ1) is 9.34. The van der Waals surface area contributed by atoms with Gasteiger partial charge in [0.1, 0.15) is 0 Å². The van der Waals surface area contributed by atoms with Gasteiger partial charge in [-0.2, -0.15) is 0 Å². The van der Waals surface area contributed by atoms with Crippen molar-refractivity contribution in [2.75, 3.05) is 13.7 Å². The van der Waals surface area contributed by atoms with E-state index in [2.05, 4.69) is 4.98 Å². The summed E-state index contributed by atoms with van der Waals surface area (Å²) in [6, 6.07) is 0. The summed E-state index contributed by atoms with van der Waals surface area (Å²) in [6.07, 6.45) is 3.92. The standard InChI is InChI=1S/C15H20N2O3/c1-15(2,3)14(19)17-6-5-11-10(9-17)7-16-8-12(11)13(18)20-4/h7-8H,5-6,9H2,1-4H3. The maximum atomic E-state index is 12.3. The van der Waals surface area contributed by atoms with E-state index >= 15 is 0 Å². The third-order valence-electron chi connectivity index (χ3n) is 3.47. The highest BCUT2D eigenvalue weighted by molar-refractivity contribution is 5.91. The Morgan fingerprint density at radius 2 is 2.00 bits per heavy atom. The first-order valence-electron chi connectivity index (χ1n) is 6.68. The van der Waals surface area contributed by atoms with E-state index in [0.29, 0.717) is 25.1 Å². The maximum Gasteiger partial charge on any atom is 0.339 e. The second-order valence-electron chi connectivity index (χ2n) is 6.04. The van der Waals surface area contributed by atoms with Gasteiger partial charge in [0.15, 0.2) is 0 Å². The van der Waals surface area contributed by atoms with Crippen molar-refractivity contribution in [3.63, 3.8) is 0 Å². The van der Waals surface area contributed by atoms with Crippen molar-refractivity contribution < 1.29 is 14.3 Å². The molecule has 0 atom stereocenters. The van der Waals surface area contributed by atoms with Crippen molar-refractivity contribution in [2.24, 2.45) is 5.41 Å². The zero-order valence-corrected chi connectivity index (χ0v) is 12.4. The van der Waals surface area contributed by atoms with Gasteiger partial charge in [0.2, 0.25) is 5.91 Å². The number of methoxy groups -OCH3 is 1. The minimum Gasteiger partial charge on any atom is -0.465 e. The average Bonchev–Trinajstić information content (AvgIpc) is 2.43. The summed E-state index contributed by atoms with van der Waals surface area (Å²) in [5, 5.41) is 0. The molecule has 1 aromatic heterocycles. The molecule has 108 valence electrons. The summed E-state index contributed by atoms with van der Waals surface area (Å²) in [4.78, 5) is 29.9. The van der Waals surface area contributed by atoms with Crippen molar-refractivity contribution >= 4 is 11.9 Å². The third-order valence-corrected chi connectivity index (χ3v) is 3.47. The molecule has 0 spiro atoms. The summed E-state index contributed by atoms with van der Waals surface area (Å²) in [6.45, 7) is 6.86. The van der Waals surface area contributed by atoms with Gasteiger partial charge in [-0.25, -0.2) is 4.79 Å². The zero-order chi connectivity index (χ0) is 14.9. The predicted octanol–water partition coefficient (Wildman–Crippen LogP) is 1.80. The number of hydrogen-bond acceptors (Lipinski definition) is 4. The first kappa shape index (κ1) is 14.5. The molecule has 20 heavy (non-hydrogen) atoms. The molecule has 5 nitrogen and oxygen atoms in total. The van der Waals surface area contributed by atoms with Crippen LogP contribution in [0.25, 0.3) is 0 Å². The maximum absolute atomic E-state index is 12.3. The molecule has 0 saturated carbocycles. The van der Waals surface area contributed by atoms with Gasteiger partial charge >= 0.3 is 5.97 Å². The highest BCUT2D eigenvalue weighted by atomic mass is 16.5. The van der Waals surface area contributed by atoms with Gasteiger partial charge in [-0.15, -0.1) is 0 Å². The smallest absolute Gasteiger partial charge is 0.339 e. The van der Waals surface area contributed by atoms with Gasteiger partial charge in [-0.05, 0) is 17.5 Å². The molecule has 1 aromatic rings. The van der Waals surface area contributed by atoms with Crippen LogP contribution >= 0.6 is 0 Å². The molecular formula is C15H20N2O3. The number of carbonyl (C=O) groups is 2. The number of hydrogen-bond donors (Lipinski definition) is 0. The number of nitrogens with zero attached hydrogens (tertiary/aromatic N) is 2. The van der Waals surface area contributed by atoms with E-state index < -0.39 is 5.41 Å². The molecule has 1 amide bonds. The fourth-order valence-electron chi connectivity index (χ4n) is 2.43. The number of carbonyl (C=O) groups excluding carboxylic acids is 2. The molecule has 0 N–H and O–H groups in total. The highest BCUT2D eigenvalue weighted by Gasteiger charge is 2.31. The van der Waals surface area contributed by atoms with E-state index in [4.69, 9.17) is 4.74 Å². The van der Waals surface area contributed by atoms with Gasteiger partial charge in [0.25, 0.3) is 0 Å². The van der Waals surface area contributed by atoms with Gasteiger partial charge < -0.3 is 9.64 Å². The van der Waals surface area contributed by atoms with Crippen LogP contribution in [0, 0.1) is 5.41 Å². The molecular weight excluding hydrogens is 256 g/mol. The normalized spacial score (nSPS) is 14.7. The number of esters is 1. The van der Waals surface area contributed by atoms with Crippen LogP contribution in [0.1, 0.15) is 42.3 Å². The molecule has 0 radical (unpaired) electrons. The molecule has 1 aliphatic rings. The van der Waals surface area contributed by atoms with Gasteiger partial charge in [0, 0.05) is 30.9 Å². The Hall–Kier alpha value is -1.91. The van der Waals surface area contributed by atoms with Crippen LogP contribution in [0.2, 0.25) is 0 Å². The molecule has 0 aromatic carbocycles. The van der Waals surface area contributed by atoms with Crippen molar-refractivity contribution in [1.82, 2.24) is 9.88 Å². The van der Waals surface area contributed by atoms with Crippen LogP contribution in [0.15, 0.2) is 12.4 Å². The zero-order valence-electron chi connectivity index (χ0n) is 12.4. The minimum atomic E-state index is -0.398. The predicted molar refractivity (Wildman–Crippen MR) is 74.2 cm³/mol. The number of rotatable bonds is 1. The molecule has 0 saturated heterocycles. The Morgan fingerprint density at radius 3 is 2.60 bits per heavy atom. The van der Waals surface area contributed by atoms with Gasteiger partial charge in [-0.1, -0.05) is 20.8 Å². The quantitative estimate of drug-likeness (QED) is 0.734. The molecule has 0 bridgehead atoms. The van der Waals surface area contributed by atoms with Crippen LogP contribution in [-0.2, 0) is 22.5 Å². The fraction of sp³-hybridized carbons (Fsp3) is 0.533. The largest absolute Gasteiger partial charge is 0.465 e. The van der Waals surface area contributed by atoms with E-state index in [9.17, 15) is 9.59 Å². The van der Waals surface area contributed by atoms with Crippen molar-refractivity contribution in [2.45, 2.75) is 33.7 Å². The lowest BCUT2D eigenvalue weighted by Crippen LogP contribution is -2.42. The Bertz CT molecular complexity index is 547. The lowest BCUT2D eigenvalue weighted by atomic mass is 9.91. The number of fused-ring (bicyclic) bond motifs is 1. The molecule has 1 aliphatic heterocycles. The second kappa shape index (κ2) is 5.23. The summed E-state index contributed by atoms with van der Waals surface area (Å²) in [7, 11) is 1.36. The van der Waals surface area contributed by atoms with Crippen LogP contribution < -0.4 is 0 Å². The van der Waals surface area contributed by atoms with Crippen molar-refractivity contribution in [1.29, 1.82) is 0 Å². The average molecular weight is 276 g/mol. The van der Waals surface area contributed by atoms with E-state index in [0.717, 1.165) is 11.1 Å². The lowest BCUT2D eigenvalue weighted by molar-refractivity contribution is -0.140. The van der Waals surface area contributed by atoms with E-state index in [1.165, 1.54) is 13.3 Å². The fourth-order valence-corrected chi connectivity index (χ4v) is 2.43. The minimum absolute atomic E-state index is 0.117. The van der Waals surface area contributed by atoms with Crippen LogP contribution in [0.4, 0.5) is 0 Å². The Balaban J connectivity index is 2.28. The second-order valence-corrected chi connectivity index (χ2v) is 6.04. The molecule has 5 heteroatoms. The van der Waals surface area contributed by atoms with Crippen molar-refractivity contribution in [3.8, 4) is 0 Å². The molecule has 0 unspecified atom stereocenters. The summed E-state index contributed by atoms with van der Waals surface area (Å²) < 4.78 is 4.77. The third kappa shape index (κ3) is 2.66. The van der Waals surface area contributed by atoms with Crippen LogP contribution in [0.5, 0.6) is 0 Å². The van der Waals surface area contributed by atoms with E-state index in [1.54, 1.807) is 6.20 Å². The van der Waals surface area contributed by atoms with Crippen molar-refractivity contribution in [3.05, 3.63) is 29.1 Å². The number of amides is 1. The van der Waals surface area contributed by atoms with Crippen LogP contribution in [0.3, 0.4) is 0 Å². The topological polar surface area (TPSA) is 59.5 Å². The summed E-state index contributed by atoms with van der Waals surface area (Å²) in [5.74, 6) is -0.253. The molecule has 0 fully saturated rings. The number of pyridine rings is 1.